The van der Waals surface area contributed by atoms with Gasteiger partial charge in [-0.2, -0.15) is 0 Å². The minimum atomic E-state index is -1.79. The van der Waals surface area contributed by atoms with E-state index in [2.05, 4.69) is 33.9 Å². The fraction of sp³-hybridized carbons (Fsp3) is 0.615. The molecule has 2 heteroatoms. The van der Waals surface area contributed by atoms with Crippen LogP contribution in [-0.4, -0.2) is 24.2 Å². The molecule has 0 bridgehead atoms. The van der Waals surface area contributed by atoms with Crippen LogP contribution in [0.5, 0.6) is 0 Å². The summed E-state index contributed by atoms with van der Waals surface area (Å²) in [6.07, 6.45) is 9.18. The Hall–Kier alpha value is -0.0513. The molecule has 0 saturated carbocycles. The molecular formula is C13H22OSn. The van der Waals surface area contributed by atoms with Gasteiger partial charge >= 0.3 is 97.7 Å². The Morgan fingerprint density at radius 2 is 2.20 bits per heavy atom. The molecular weight excluding hydrogens is 291 g/mol. The van der Waals surface area contributed by atoms with Crippen molar-refractivity contribution in [3.8, 4) is 0 Å². The van der Waals surface area contributed by atoms with Crippen LogP contribution < -0.4 is 0 Å². The van der Waals surface area contributed by atoms with Gasteiger partial charge in [-0.25, -0.2) is 0 Å². The molecule has 0 heterocycles. The number of carbonyl (C=O) groups is 1. The zero-order valence-corrected chi connectivity index (χ0v) is 13.2. The molecule has 1 atom stereocenters. The quantitative estimate of drug-likeness (QED) is 0.726. The maximum atomic E-state index is 11.0. The molecule has 1 aliphatic carbocycles. The Morgan fingerprint density at radius 1 is 1.53 bits per heavy atom. The van der Waals surface area contributed by atoms with E-state index in [1.165, 1.54) is 0 Å². The molecule has 0 N–H and O–H groups in total. The molecule has 0 spiro atoms. The first-order chi connectivity index (χ1) is 6.89. The second kappa shape index (κ2) is 5.33. The molecule has 1 rings (SSSR count). The van der Waals surface area contributed by atoms with E-state index in [0.717, 1.165) is 19.3 Å². The van der Waals surface area contributed by atoms with Crippen molar-refractivity contribution in [3.63, 3.8) is 0 Å². The number of rotatable bonds is 3. The summed E-state index contributed by atoms with van der Waals surface area (Å²) in [6.45, 7) is 2.29. The Morgan fingerprint density at radius 3 is 2.67 bits per heavy atom. The fourth-order valence-electron chi connectivity index (χ4n) is 1.58. The molecule has 1 aliphatic rings. The third kappa shape index (κ3) is 4.54. The van der Waals surface area contributed by atoms with Gasteiger partial charge in [-0.1, -0.05) is 0 Å². The van der Waals surface area contributed by atoms with Gasteiger partial charge in [-0.3, -0.25) is 0 Å². The molecule has 84 valence electrons. The predicted octanol–water partition coefficient (Wildman–Crippen LogP) is 3.74. The SMILES string of the molecule is C/[C](=C\CC1C=CC(=O)CC1)[Sn]([CH3])([CH3])[CH3]. The van der Waals surface area contributed by atoms with Crippen LogP contribution in [0, 0.1) is 5.92 Å². The van der Waals surface area contributed by atoms with Crippen molar-refractivity contribution >= 4 is 24.2 Å². The van der Waals surface area contributed by atoms with E-state index in [1.807, 2.05) is 0 Å². The van der Waals surface area contributed by atoms with Gasteiger partial charge in [0.25, 0.3) is 0 Å². The molecule has 1 unspecified atom stereocenters. The average Bonchev–Trinajstić information content (AvgIpc) is 2.15. The molecule has 1 nitrogen and oxygen atoms in total. The van der Waals surface area contributed by atoms with E-state index in [0.29, 0.717) is 11.7 Å². The van der Waals surface area contributed by atoms with E-state index in [1.54, 1.807) is 9.67 Å². The molecule has 0 aromatic carbocycles. The molecule has 0 aromatic heterocycles. The first kappa shape index (κ1) is 13.0. The third-order valence-corrected chi connectivity index (χ3v) is 10.6. The predicted molar refractivity (Wildman–Crippen MR) is 68.6 cm³/mol. The van der Waals surface area contributed by atoms with Crippen LogP contribution in [-0.2, 0) is 4.79 Å². The van der Waals surface area contributed by atoms with Crippen molar-refractivity contribution in [3.05, 3.63) is 21.8 Å². The van der Waals surface area contributed by atoms with Crippen LogP contribution in [0.25, 0.3) is 0 Å². The number of hydrogen-bond donors (Lipinski definition) is 0. The summed E-state index contributed by atoms with van der Waals surface area (Å²) < 4.78 is 1.65. The topological polar surface area (TPSA) is 17.1 Å². The van der Waals surface area contributed by atoms with Gasteiger partial charge in [-0.15, -0.1) is 0 Å². The van der Waals surface area contributed by atoms with Crippen LogP contribution in [0.1, 0.15) is 26.2 Å². The van der Waals surface area contributed by atoms with Crippen LogP contribution in [0.4, 0.5) is 0 Å². The molecule has 0 radical (unpaired) electrons. The summed E-state index contributed by atoms with van der Waals surface area (Å²) in [5.41, 5.74) is 0. The van der Waals surface area contributed by atoms with E-state index in [-0.39, 0.29) is 0 Å². The van der Waals surface area contributed by atoms with Crippen molar-refractivity contribution in [2.24, 2.45) is 5.92 Å². The summed E-state index contributed by atoms with van der Waals surface area (Å²) in [7, 11) is 0. The van der Waals surface area contributed by atoms with E-state index in [4.69, 9.17) is 0 Å². The average molecular weight is 313 g/mol. The van der Waals surface area contributed by atoms with Crippen molar-refractivity contribution in [2.75, 3.05) is 0 Å². The maximum absolute atomic E-state index is 11.0. The van der Waals surface area contributed by atoms with Crippen LogP contribution in [0.3, 0.4) is 0 Å². The van der Waals surface area contributed by atoms with Gasteiger partial charge in [0, 0.05) is 0 Å². The summed E-state index contributed by atoms with van der Waals surface area (Å²) >= 11 is -1.79. The van der Waals surface area contributed by atoms with Crippen LogP contribution >= 0.6 is 0 Å². The van der Waals surface area contributed by atoms with E-state index >= 15 is 0 Å². The van der Waals surface area contributed by atoms with Gasteiger partial charge in [0.15, 0.2) is 0 Å². The van der Waals surface area contributed by atoms with Crippen molar-refractivity contribution in [1.82, 2.24) is 0 Å². The molecule has 0 aromatic rings. The second-order valence-electron chi connectivity index (χ2n) is 5.50. The fourth-order valence-corrected chi connectivity index (χ4v) is 3.67. The first-order valence-electron chi connectivity index (χ1n) is 5.78. The first-order valence-corrected chi connectivity index (χ1v) is 15.8. The summed E-state index contributed by atoms with van der Waals surface area (Å²) in [4.78, 5) is 18.3. The zero-order chi connectivity index (χ0) is 11.5. The molecule has 0 amide bonds. The van der Waals surface area contributed by atoms with Crippen molar-refractivity contribution < 1.29 is 4.79 Å². The summed E-state index contributed by atoms with van der Waals surface area (Å²) in [6, 6.07) is 0. The molecule has 0 saturated heterocycles. The zero-order valence-electron chi connectivity index (χ0n) is 10.3. The second-order valence-corrected chi connectivity index (χ2v) is 20.6. The number of allylic oxidation sites excluding steroid dienone is 4. The number of ketones is 1. The normalized spacial score (nSPS) is 23.3. The number of carbonyl (C=O) groups excluding carboxylic acids is 1. The summed E-state index contributed by atoms with van der Waals surface area (Å²) in [5.74, 6) is 0.897. The minimum absolute atomic E-state index is 0.293. The Labute approximate surface area is 97.5 Å². The molecule has 0 aliphatic heterocycles. The van der Waals surface area contributed by atoms with E-state index in [9.17, 15) is 4.79 Å². The van der Waals surface area contributed by atoms with Gasteiger partial charge in [0.2, 0.25) is 0 Å². The van der Waals surface area contributed by atoms with Crippen molar-refractivity contribution in [1.29, 1.82) is 0 Å². The van der Waals surface area contributed by atoms with Gasteiger partial charge in [0.05, 0.1) is 0 Å². The number of hydrogen-bond acceptors (Lipinski definition) is 1. The Bertz CT molecular complexity index is 294. The van der Waals surface area contributed by atoms with Gasteiger partial charge in [-0.05, 0) is 0 Å². The van der Waals surface area contributed by atoms with Gasteiger partial charge in [0.1, 0.15) is 0 Å². The third-order valence-electron chi connectivity index (χ3n) is 3.23. The van der Waals surface area contributed by atoms with Gasteiger partial charge < -0.3 is 0 Å². The summed E-state index contributed by atoms with van der Waals surface area (Å²) in [5, 5.41) is 0. The van der Waals surface area contributed by atoms with Crippen LogP contribution in [0.15, 0.2) is 21.8 Å². The molecule has 15 heavy (non-hydrogen) atoms. The van der Waals surface area contributed by atoms with Crippen LogP contribution in [0.2, 0.25) is 14.8 Å². The monoisotopic (exact) mass is 314 g/mol. The molecule has 0 fully saturated rings. The Balaban J connectivity index is 2.50. The standard InChI is InChI=1S/C10H13O.3CH3.Sn/c1-2-3-4-9-5-7-10(11)8-6-9;;;;/h3,5,7,9H,4,6,8H2,1H3;3*1H3;. The van der Waals surface area contributed by atoms with E-state index < -0.39 is 18.4 Å². The Kier molecular flexibility index (Phi) is 4.62. The van der Waals surface area contributed by atoms with Crippen molar-refractivity contribution in [2.45, 2.75) is 41.0 Å².